The third-order valence-corrected chi connectivity index (χ3v) is 2.98. The number of hydrogen-bond donors (Lipinski definition) is 0. The Kier molecular flexibility index (Phi) is 3.95. The average molecular weight is 298 g/mol. The van der Waals surface area contributed by atoms with Crippen molar-refractivity contribution < 1.29 is 13.9 Å². The maximum absolute atomic E-state index is 12.0. The van der Waals surface area contributed by atoms with Crippen molar-refractivity contribution in [2.45, 2.75) is 20.0 Å². The van der Waals surface area contributed by atoms with Crippen molar-refractivity contribution >= 4 is 5.97 Å². The van der Waals surface area contributed by atoms with E-state index in [9.17, 15) is 4.79 Å². The van der Waals surface area contributed by atoms with Gasteiger partial charge in [-0.1, -0.05) is 25.1 Å². The van der Waals surface area contributed by atoms with Crippen molar-refractivity contribution in [2.75, 3.05) is 0 Å². The van der Waals surface area contributed by atoms with Gasteiger partial charge in [0.25, 0.3) is 5.89 Å². The molecule has 3 rings (SSSR count). The fraction of sp³-hybridized carbons (Fsp3) is 0.200. The third kappa shape index (κ3) is 3.03. The van der Waals surface area contributed by atoms with E-state index in [4.69, 9.17) is 9.15 Å². The summed E-state index contributed by atoms with van der Waals surface area (Å²) in [4.78, 5) is 12.0. The number of nitrogens with zero attached hydrogens (tertiary/aromatic N) is 4. The van der Waals surface area contributed by atoms with Crippen LogP contribution in [0.2, 0.25) is 0 Å². The molecule has 2 aromatic heterocycles. The summed E-state index contributed by atoms with van der Waals surface area (Å²) in [5, 5.41) is 11.7. The maximum Gasteiger partial charge on any atom is 0.341 e. The smallest absolute Gasteiger partial charge is 0.341 e. The van der Waals surface area contributed by atoms with Gasteiger partial charge in [0.15, 0.2) is 6.61 Å². The molecule has 0 aliphatic rings. The summed E-state index contributed by atoms with van der Waals surface area (Å²) in [6.07, 6.45) is 3.72. The van der Waals surface area contributed by atoms with Crippen molar-refractivity contribution in [1.82, 2.24) is 20.0 Å². The highest BCUT2D eigenvalue weighted by Gasteiger charge is 2.13. The van der Waals surface area contributed by atoms with Crippen LogP contribution in [0.5, 0.6) is 0 Å². The second-order valence-corrected chi connectivity index (χ2v) is 4.53. The second kappa shape index (κ2) is 6.21. The largest absolute Gasteiger partial charge is 0.452 e. The monoisotopic (exact) mass is 298 g/mol. The van der Waals surface area contributed by atoms with E-state index in [0.717, 1.165) is 5.69 Å². The van der Waals surface area contributed by atoms with E-state index < -0.39 is 5.97 Å². The van der Waals surface area contributed by atoms with Crippen molar-refractivity contribution in [3.05, 3.63) is 60.1 Å². The lowest BCUT2D eigenvalue weighted by Crippen LogP contribution is -2.04. The summed E-state index contributed by atoms with van der Waals surface area (Å²) in [6.45, 7) is 1.85. The summed E-state index contributed by atoms with van der Waals surface area (Å²) in [5.74, 6) is 0.307. The number of carbonyl (C=O) groups is 1. The number of hydrogen-bond acceptors (Lipinski definition) is 6. The molecule has 0 fully saturated rings. The van der Waals surface area contributed by atoms with Crippen LogP contribution in [0.15, 0.2) is 47.1 Å². The predicted molar refractivity (Wildman–Crippen MR) is 76.4 cm³/mol. The van der Waals surface area contributed by atoms with Crippen LogP contribution >= 0.6 is 0 Å². The van der Waals surface area contributed by atoms with E-state index in [1.165, 1.54) is 6.20 Å². The highest BCUT2D eigenvalue weighted by molar-refractivity contribution is 5.88. The molecule has 1 aromatic carbocycles. The van der Waals surface area contributed by atoms with E-state index in [1.807, 2.05) is 37.3 Å². The van der Waals surface area contributed by atoms with Crippen molar-refractivity contribution in [1.29, 1.82) is 0 Å². The zero-order chi connectivity index (χ0) is 15.4. The molecule has 0 radical (unpaired) electrons. The van der Waals surface area contributed by atoms with E-state index in [-0.39, 0.29) is 12.5 Å². The van der Waals surface area contributed by atoms with Gasteiger partial charge >= 0.3 is 5.97 Å². The van der Waals surface area contributed by atoms with E-state index >= 15 is 0 Å². The molecule has 0 saturated carbocycles. The molecule has 0 spiro atoms. The minimum atomic E-state index is -0.488. The van der Waals surface area contributed by atoms with Crippen LogP contribution in [0.25, 0.3) is 5.69 Å². The van der Waals surface area contributed by atoms with Crippen molar-refractivity contribution in [3.8, 4) is 5.69 Å². The molecule has 0 N–H and O–H groups in total. The highest BCUT2D eigenvalue weighted by atomic mass is 16.5. The third-order valence-electron chi connectivity index (χ3n) is 2.98. The van der Waals surface area contributed by atoms with E-state index in [1.54, 1.807) is 10.9 Å². The van der Waals surface area contributed by atoms with E-state index in [2.05, 4.69) is 15.3 Å². The summed E-state index contributed by atoms with van der Waals surface area (Å²) < 4.78 is 12.0. The van der Waals surface area contributed by atoms with Crippen LogP contribution in [0, 0.1) is 0 Å². The highest BCUT2D eigenvalue weighted by Crippen LogP contribution is 2.10. The number of aromatic nitrogens is 4. The molecule has 7 heteroatoms. The molecule has 0 aliphatic carbocycles. The Hall–Kier alpha value is -2.96. The first-order valence-electron chi connectivity index (χ1n) is 6.84. The fourth-order valence-electron chi connectivity index (χ4n) is 1.85. The van der Waals surface area contributed by atoms with Crippen molar-refractivity contribution in [3.63, 3.8) is 0 Å². The number of ether oxygens (including phenoxy) is 1. The van der Waals surface area contributed by atoms with Gasteiger partial charge in [0.1, 0.15) is 0 Å². The SMILES string of the molecule is CCc1nnc(COC(=O)c2cnn(-c3ccccc3)c2)o1. The molecule has 22 heavy (non-hydrogen) atoms. The Morgan fingerprint density at radius 2 is 2.00 bits per heavy atom. The second-order valence-electron chi connectivity index (χ2n) is 4.53. The number of benzene rings is 1. The molecule has 0 saturated heterocycles. The van der Waals surface area contributed by atoms with Crippen LogP contribution in [0.4, 0.5) is 0 Å². The zero-order valence-electron chi connectivity index (χ0n) is 12.0. The molecule has 7 nitrogen and oxygen atoms in total. The minimum absolute atomic E-state index is 0.0532. The Morgan fingerprint density at radius 3 is 2.73 bits per heavy atom. The molecule has 112 valence electrons. The summed E-state index contributed by atoms with van der Waals surface area (Å²) >= 11 is 0. The molecular formula is C15H14N4O3. The first-order valence-corrected chi connectivity index (χ1v) is 6.84. The van der Waals surface area contributed by atoms with Crippen LogP contribution in [-0.2, 0) is 17.8 Å². The van der Waals surface area contributed by atoms with Gasteiger partial charge in [-0.05, 0) is 12.1 Å². The minimum Gasteiger partial charge on any atom is -0.452 e. The average Bonchev–Trinajstić information content (AvgIpc) is 3.22. The quantitative estimate of drug-likeness (QED) is 0.671. The van der Waals surface area contributed by atoms with E-state index in [0.29, 0.717) is 17.9 Å². The summed E-state index contributed by atoms with van der Waals surface area (Å²) in [6, 6.07) is 9.50. The Bertz CT molecular complexity index is 764. The van der Waals surface area contributed by atoms with Gasteiger partial charge in [0, 0.05) is 12.6 Å². The summed E-state index contributed by atoms with van der Waals surface area (Å²) in [5.41, 5.74) is 1.23. The van der Waals surface area contributed by atoms with Gasteiger partial charge in [-0.25, -0.2) is 9.48 Å². The zero-order valence-corrected chi connectivity index (χ0v) is 12.0. The number of aryl methyl sites for hydroxylation is 1. The van der Waals surface area contributed by atoms with Crippen LogP contribution in [0.3, 0.4) is 0 Å². The van der Waals surface area contributed by atoms with Gasteiger partial charge in [-0.15, -0.1) is 10.2 Å². The maximum atomic E-state index is 12.0. The van der Waals surface area contributed by atoms with Crippen molar-refractivity contribution in [2.24, 2.45) is 0 Å². The number of rotatable bonds is 5. The Balaban J connectivity index is 1.64. The summed E-state index contributed by atoms with van der Waals surface area (Å²) in [7, 11) is 0. The van der Waals surface area contributed by atoms with Gasteiger partial charge in [-0.2, -0.15) is 5.10 Å². The number of esters is 1. The lowest BCUT2D eigenvalue weighted by molar-refractivity contribution is 0.0436. The first kappa shape index (κ1) is 14.0. The normalized spacial score (nSPS) is 10.6. The van der Waals surface area contributed by atoms with Crippen LogP contribution in [-0.4, -0.2) is 25.9 Å². The molecule has 0 bridgehead atoms. The molecule has 0 unspecified atom stereocenters. The lowest BCUT2D eigenvalue weighted by Gasteiger charge is -2.00. The molecule has 2 heterocycles. The fourth-order valence-corrected chi connectivity index (χ4v) is 1.85. The molecule has 0 amide bonds. The van der Waals surface area contributed by atoms with Gasteiger partial charge in [-0.3, -0.25) is 0 Å². The number of carbonyl (C=O) groups excluding carboxylic acids is 1. The van der Waals surface area contributed by atoms with Crippen LogP contribution < -0.4 is 0 Å². The van der Waals surface area contributed by atoms with Gasteiger partial charge in [0.2, 0.25) is 5.89 Å². The standard InChI is InChI=1S/C15H14N4O3/c1-2-13-17-18-14(22-13)10-21-15(20)11-8-16-19(9-11)12-6-4-3-5-7-12/h3-9H,2,10H2,1H3. The molecule has 0 atom stereocenters. The number of para-hydroxylation sites is 1. The lowest BCUT2D eigenvalue weighted by atomic mass is 10.3. The topological polar surface area (TPSA) is 83.0 Å². The molecular weight excluding hydrogens is 284 g/mol. The molecule has 0 aliphatic heterocycles. The van der Waals surface area contributed by atoms with Gasteiger partial charge in [0.05, 0.1) is 17.4 Å². The molecule has 3 aromatic rings. The van der Waals surface area contributed by atoms with Crippen LogP contribution in [0.1, 0.15) is 29.1 Å². The van der Waals surface area contributed by atoms with Gasteiger partial charge < -0.3 is 9.15 Å². The predicted octanol–water partition coefficient (Wildman–Crippen LogP) is 2.17. The Morgan fingerprint density at radius 1 is 1.23 bits per heavy atom. The first-order chi connectivity index (χ1) is 10.8. The Labute approximate surface area is 126 Å².